The van der Waals surface area contributed by atoms with E-state index in [0.717, 1.165) is 42.8 Å². The van der Waals surface area contributed by atoms with Crippen LogP contribution in [0.3, 0.4) is 0 Å². The maximum atomic E-state index is 13.6. The first kappa shape index (κ1) is 24.3. The number of methoxy groups -OCH3 is 1. The number of nitrogens with one attached hydrogen (secondary N) is 1. The van der Waals surface area contributed by atoms with Crippen LogP contribution in [-0.2, 0) is 4.79 Å². The van der Waals surface area contributed by atoms with Crippen LogP contribution >= 0.6 is 0 Å². The van der Waals surface area contributed by atoms with Crippen molar-refractivity contribution in [1.82, 2.24) is 19.9 Å². The number of nitrogens with zero attached hydrogens (tertiary/aromatic N) is 4. The number of piperidine rings is 1. The van der Waals surface area contributed by atoms with Gasteiger partial charge in [-0.1, -0.05) is 6.07 Å². The van der Waals surface area contributed by atoms with Crippen LogP contribution in [0.5, 0.6) is 5.75 Å². The van der Waals surface area contributed by atoms with E-state index in [0.29, 0.717) is 23.3 Å². The molecule has 2 aromatic heterocycles. The molecule has 1 aliphatic heterocycles. The fourth-order valence-corrected chi connectivity index (χ4v) is 3.74. The zero-order valence-electron chi connectivity index (χ0n) is 19.5. The van der Waals surface area contributed by atoms with E-state index in [2.05, 4.69) is 29.2 Å². The number of aromatic nitrogens is 3. The third kappa shape index (κ3) is 6.55. The first-order valence-electron chi connectivity index (χ1n) is 10.9. The van der Waals surface area contributed by atoms with Crippen LogP contribution < -0.4 is 10.1 Å². The average Bonchev–Trinajstić information content (AvgIpc) is 2.81. The quantitative estimate of drug-likeness (QED) is 0.556. The number of likely N-dealkylation sites (tertiary alicyclic amines) is 1. The largest absolute Gasteiger partial charge is 0.495 e. The zero-order chi connectivity index (χ0) is 23.8. The van der Waals surface area contributed by atoms with E-state index in [4.69, 9.17) is 19.5 Å². The van der Waals surface area contributed by atoms with Crippen molar-refractivity contribution in [3.63, 3.8) is 0 Å². The van der Waals surface area contributed by atoms with Crippen molar-refractivity contribution in [2.45, 2.75) is 38.6 Å². The number of carbonyl (C=O) groups is 1. The maximum Gasteiger partial charge on any atom is 0.137 e. The molecule has 1 N–H and O–H groups in total. The standard InChI is InChI=1S/C23H26FN5O.C2H4O/c1-15-7-8-16(14-29(15)2)23-27-21(17-9-20(30-3)13-25-12-17)11-22(28-23)26-19-6-4-5-18(24)10-19;1-2-3/h4-6,9-13,15-16H,7-8,14H2,1-3H3,(H,26,27,28);2H,1H3/t15-,16+;/m1./s1. The Labute approximate surface area is 194 Å². The van der Waals surface area contributed by atoms with Crippen molar-refractivity contribution in [2.75, 3.05) is 26.0 Å². The first-order chi connectivity index (χ1) is 15.9. The number of carbonyl (C=O) groups excluding carboxylic acids is 1. The molecule has 0 bridgehead atoms. The van der Waals surface area contributed by atoms with E-state index >= 15 is 0 Å². The minimum atomic E-state index is -0.297. The predicted molar refractivity (Wildman–Crippen MR) is 127 cm³/mol. The van der Waals surface area contributed by atoms with Gasteiger partial charge in [-0.15, -0.1) is 0 Å². The number of benzene rings is 1. The highest BCUT2D eigenvalue weighted by molar-refractivity contribution is 5.66. The van der Waals surface area contributed by atoms with Gasteiger partial charge in [0.1, 0.15) is 29.5 Å². The molecule has 3 heterocycles. The molecule has 1 aromatic carbocycles. The van der Waals surface area contributed by atoms with E-state index in [-0.39, 0.29) is 11.7 Å². The van der Waals surface area contributed by atoms with Crippen molar-refractivity contribution in [3.05, 3.63) is 60.4 Å². The number of aldehydes is 1. The number of halogens is 1. The molecule has 3 aromatic rings. The van der Waals surface area contributed by atoms with Crippen LogP contribution in [0.4, 0.5) is 15.9 Å². The van der Waals surface area contributed by atoms with Gasteiger partial charge < -0.3 is 19.7 Å². The summed E-state index contributed by atoms with van der Waals surface area (Å²) < 4.78 is 19.0. The Hall–Kier alpha value is -3.39. The lowest BCUT2D eigenvalue weighted by Crippen LogP contribution is -2.38. The summed E-state index contributed by atoms with van der Waals surface area (Å²) in [4.78, 5) is 25.1. The van der Waals surface area contributed by atoms with Crippen LogP contribution in [0.2, 0.25) is 0 Å². The number of rotatable bonds is 5. The molecule has 174 valence electrons. The summed E-state index contributed by atoms with van der Waals surface area (Å²) in [5, 5.41) is 3.23. The van der Waals surface area contributed by atoms with Crippen molar-refractivity contribution < 1.29 is 13.9 Å². The molecule has 0 unspecified atom stereocenters. The van der Waals surface area contributed by atoms with Crippen molar-refractivity contribution >= 4 is 17.8 Å². The zero-order valence-corrected chi connectivity index (χ0v) is 19.5. The summed E-state index contributed by atoms with van der Waals surface area (Å²) in [6.07, 6.45) is 6.30. The Bertz CT molecular complexity index is 1080. The molecule has 0 spiro atoms. The minimum Gasteiger partial charge on any atom is -0.495 e. The van der Waals surface area contributed by atoms with Gasteiger partial charge in [-0.2, -0.15) is 0 Å². The van der Waals surface area contributed by atoms with Crippen LogP contribution in [-0.4, -0.2) is 52.9 Å². The molecule has 0 radical (unpaired) electrons. The molecule has 1 fully saturated rings. The number of anilines is 2. The molecule has 0 saturated carbocycles. The van der Waals surface area contributed by atoms with E-state index in [9.17, 15) is 4.39 Å². The van der Waals surface area contributed by atoms with Crippen molar-refractivity contribution in [2.24, 2.45) is 0 Å². The molecule has 0 amide bonds. The van der Waals surface area contributed by atoms with Gasteiger partial charge in [-0.3, -0.25) is 4.98 Å². The number of hydrogen-bond acceptors (Lipinski definition) is 7. The Morgan fingerprint density at radius 3 is 2.67 bits per heavy atom. The minimum absolute atomic E-state index is 0.234. The van der Waals surface area contributed by atoms with Crippen molar-refractivity contribution in [3.8, 4) is 17.0 Å². The summed E-state index contributed by atoms with van der Waals surface area (Å²) in [6.45, 7) is 4.59. The maximum absolute atomic E-state index is 13.6. The van der Waals surface area contributed by atoms with Gasteiger partial charge in [0, 0.05) is 42.0 Å². The van der Waals surface area contributed by atoms with Crippen LogP contribution in [0.25, 0.3) is 11.3 Å². The van der Waals surface area contributed by atoms with E-state index in [1.54, 1.807) is 25.6 Å². The Balaban J connectivity index is 0.000000968. The Morgan fingerprint density at radius 2 is 1.97 bits per heavy atom. The van der Waals surface area contributed by atoms with Gasteiger partial charge in [0.25, 0.3) is 0 Å². The summed E-state index contributed by atoms with van der Waals surface area (Å²) in [5.74, 6) is 2.02. The highest BCUT2D eigenvalue weighted by atomic mass is 19.1. The van der Waals surface area contributed by atoms with E-state index in [1.165, 1.54) is 19.1 Å². The fraction of sp³-hybridized carbons (Fsp3) is 0.360. The first-order valence-corrected chi connectivity index (χ1v) is 10.9. The van der Waals surface area contributed by atoms with E-state index < -0.39 is 0 Å². The topological polar surface area (TPSA) is 80.2 Å². The molecule has 1 saturated heterocycles. The summed E-state index contributed by atoms with van der Waals surface area (Å²) in [6, 6.07) is 10.7. The number of hydrogen-bond donors (Lipinski definition) is 1. The molecule has 4 rings (SSSR count). The molecule has 2 atom stereocenters. The van der Waals surface area contributed by atoms with Crippen LogP contribution in [0.1, 0.15) is 38.4 Å². The van der Waals surface area contributed by atoms with Gasteiger partial charge in [0.05, 0.1) is 19.0 Å². The molecule has 8 heteroatoms. The third-order valence-corrected chi connectivity index (χ3v) is 5.64. The second kappa shape index (κ2) is 11.5. The van der Waals surface area contributed by atoms with Gasteiger partial charge in [-0.25, -0.2) is 14.4 Å². The second-order valence-electron chi connectivity index (χ2n) is 8.04. The summed E-state index contributed by atoms with van der Waals surface area (Å²) in [5.41, 5.74) is 2.24. The summed E-state index contributed by atoms with van der Waals surface area (Å²) in [7, 11) is 3.75. The molecular formula is C25H30FN5O2. The normalized spacial score (nSPS) is 18.1. The van der Waals surface area contributed by atoms with Gasteiger partial charge >= 0.3 is 0 Å². The lowest BCUT2D eigenvalue weighted by Gasteiger charge is -2.34. The third-order valence-electron chi connectivity index (χ3n) is 5.64. The predicted octanol–water partition coefficient (Wildman–Crippen LogP) is 4.83. The molecular weight excluding hydrogens is 421 g/mol. The van der Waals surface area contributed by atoms with Gasteiger partial charge in [0.2, 0.25) is 0 Å². The Morgan fingerprint density at radius 1 is 1.18 bits per heavy atom. The van der Waals surface area contributed by atoms with Gasteiger partial charge in [0.15, 0.2) is 0 Å². The SMILES string of the molecule is CC=O.COc1cncc(-c2cc(Nc3cccc(F)c3)nc([C@H]3CC[C@@H](C)N(C)C3)n2)c1. The smallest absolute Gasteiger partial charge is 0.137 e. The monoisotopic (exact) mass is 451 g/mol. The van der Waals surface area contributed by atoms with Crippen molar-refractivity contribution in [1.29, 1.82) is 0 Å². The van der Waals surface area contributed by atoms with Crippen LogP contribution in [0, 0.1) is 5.82 Å². The molecule has 33 heavy (non-hydrogen) atoms. The van der Waals surface area contributed by atoms with Gasteiger partial charge in [-0.05, 0) is 58.0 Å². The number of pyridine rings is 1. The average molecular weight is 452 g/mol. The molecule has 7 nitrogen and oxygen atoms in total. The van der Waals surface area contributed by atoms with Crippen LogP contribution in [0.15, 0.2) is 48.8 Å². The fourth-order valence-electron chi connectivity index (χ4n) is 3.74. The van der Waals surface area contributed by atoms with E-state index in [1.807, 2.05) is 18.2 Å². The number of ether oxygens (including phenoxy) is 1. The lowest BCUT2D eigenvalue weighted by molar-refractivity contribution is -0.106. The summed E-state index contributed by atoms with van der Waals surface area (Å²) >= 11 is 0. The number of likely N-dealkylation sites (N-methyl/N-ethyl adjacent to an activating group) is 1. The highest BCUT2D eigenvalue weighted by Crippen LogP contribution is 2.31. The molecule has 1 aliphatic rings. The molecule has 0 aliphatic carbocycles. The second-order valence-corrected chi connectivity index (χ2v) is 8.04. The Kier molecular flexibility index (Phi) is 8.43. The lowest BCUT2D eigenvalue weighted by atomic mass is 9.93. The highest BCUT2D eigenvalue weighted by Gasteiger charge is 2.26.